The van der Waals surface area contributed by atoms with Crippen LogP contribution in [0.25, 0.3) is 0 Å². The SMILES string of the molecule is CSCc1cc(F)ccc1CN=C(N)Nc1ccc(C)cc1.I. The minimum Gasteiger partial charge on any atom is -0.370 e. The number of benzene rings is 2. The first kappa shape index (κ1) is 19.8. The minimum absolute atomic E-state index is 0. The van der Waals surface area contributed by atoms with Crippen LogP contribution in [0.4, 0.5) is 10.1 Å². The molecule has 0 fully saturated rings. The van der Waals surface area contributed by atoms with Crippen LogP contribution in [-0.2, 0) is 12.3 Å². The average Bonchev–Trinajstić information content (AvgIpc) is 2.49. The highest BCUT2D eigenvalue weighted by molar-refractivity contribution is 14.0. The Morgan fingerprint density at radius 3 is 2.52 bits per heavy atom. The third-order valence-corrected chi connectivity index (χ3v) is 3.81. The molecule has 3 N–H and O–H groups in total. The van der Waals surface area contributed by atoms with Gasteiger partial charge in [0.05, 0.1) is 6.54 Å². The number of rotatable bonds is 5. The van der Waals surface area contributed by atoms with Crippen molar-refractivity contribution < 1.29 is 4.39 Å². The van der Waals surface area contributed by atoms with E-state index in [0.717, 1.165) is 22.6 Å². The molecule has 0 heterocycles. The van der Waals surface area contributed by atoms with Crippen molar-refractivity contribution in [2.75, 3.05) is 11.6 Å². The van der Waals surface area contributed by atoms with E-state index in [1.165, 1.54) is 11.6 Å². The van der Waals surface area contributed by atoms with E-state index < -0.39 is 0 Å². The van der Waals surface area contributed by atoms with Gasteiger partial charge in [0.25, 0.3) is 0 Å². The number of aryl methyl sites for hydroxylation is 1. The molecular formula is C17H21FIN3S. The van der Waals surface area contributed by atoms with E-state index >= 15 is 0 Å². The first-order valence-corrected chi connectivity index (χ1v) is 8.37. The van der Waals surface area contributed by atoms with Crippen LogP contribution in [0.5, 0.6) is 0 Å². The zero-order chi connectivity index (χ0) is 15.9. The van der Waals surface area contributed by atoms with Crippen molar-refractivity contribution in [2.45, 2.75) is 19.2 Å². The number of halogens is 2. The molecule has 0 bridgehead atoms. The van der Waals surface area contributed by atoms with Crippen molar-refractivity contribution in [3.05, 3.63) is 65.0 Å². The Bertz CT molecular complexity index is 659. The smallest absolute Gasteiger partial charge is 0.193 e. The van der Waals surface area contributed by atoms with Crippen molar-refractivity contribution in [1.29, 1.82) is 0 Å². The van der Waals surface area contributed by atoms with Gasteiger partial charge in [-0.15, -0.1) is 24.0 Å². The van der Waals surface area contributed by atoms with Gasteiger partial charge in [-0.2, -0.15) is 11.8 Å². The number of anilines is 1. The van der Waals surface area contributed by atoms with Gasteiger partial charge in [0.1, 0.15) is 5.82 Å². The minimum atomic E-state index is -0.220. The summed E-state index contributed by atoms with van der Waals surface area (Å²) < 4.78 is 13.3. The predicted octanol–water partition coefficient (Wildman–Crippen LogP) is 4.54. The largest absolute Gasteiger partial charge is 0.370 e. The molecule has 0 radical (unpaired) electrons. The molecule has 0 amide bonds. The maximum absolute atomic E-state index is 13.3. The van der Waals surface area contributed by atoms with Gasteiger partial charge in [-0.1, -0.05) is 23.8 Å². The van der Waals surface area contributed by atoms with E-state index in [1.807, 2.05) is 37.4 Å². The molecular weight excluding hydrogens is 424 g/mol. The maximum atomic E-state index is 13.3. The quantitative estimate of drug-likeness (QED) is 0.404. The van der Waals surface area contributed by atoms with E-state index in [4.69, 9.17) is 5.73 Å². The van der Waals surface area contributed by atoms with Gasteiger partial charge < -0.3 is 11.1 Å². The van der Waals surface area contributed by atoms with E-state index in [9.17, 15) is 4.39 Å². The third-order valence-electron chi connectivity index (χ3n) is 3.21. The van der Waals surface area contributed by atoms with Crippen molar-refractivity contribution >= 4 is 47.4 Å². The van der Waals surface area contributed by atoms with E-state index in [-0.39, 0.29) is 29.8 Å². The topological polar surface area (TPSA) is 50.4 Å². The highest BCUT2D eigenvalue weighted by atomic mass is 127. The maximum Gasteiger partial charge on any atom is 0.193 e. The second-order valence-corrected chi connectivity index (χ2v) is 5.90. The van der Waals surface area contributed by atoms with Crippen LogP contribution in [0.3, 0.4) is 0 Å². The molecule has 0 saturated carbocycles. The van der Waals surface area contributed by atoms with Gasteiger partial charge in [0.2, 0.25) is 0 Å². The summed E-state index contributed by atoms with van der Waals surface area (Å²) in [5.41, 5.74) is 9.94. The zero-order valence-electron chi connectivity index (χ0n) is 13.2. The summed E-state index contributed by atoms with van der Waals surface area (Å²) in [6, 6.07) is 12.7. The fourth-order valence-corrected chi connectivity index (χ4v) is 2.61. The first-order chi connectivity index (χ1) is 10.6. The Kier molecular flexibility index (Phi) is 8.40. The molecule has 0 aliphatic rings. The van der Waals surface area contributed by atoms with Crippen LogP contribution in [0.1, 0.15) is 16.7 Å². The number of thioether (sulfide) groups is 1. The number of nitrogens with zero attached hydrogens (tertiary/aromatic N) is 1. The van der Waals surface area contributed by atoms with Gasteiger partial charge in [-0.05, 0) is 48.6 Å². The van der Waals surface area contributed by atoms with Crippen molar-refractivity contribution in [3.63, 3.8) is 0 Å². The van der Waals surface area contributed by atoms with Crippen molar-refractivity contribution in [3.8, 4) is 0 Å². The van der Waals surface area contributed by atoms with Gasteiger partial charge in [-0.3, -0.25) is 0 Å². The number of guanidine groups is 1. The highest BCUT2D eigenvalue weighted by Crippen LogP contribution is 2.17. The molecule has 2 aromatic rings. The lowest BCUT2D eigenvalue weighted by Crippen LogP contribution is -2.22. The number of aliphatic imine (C=N–C) groups is 1. The van der Waals surface area contributed by atoms with Crippen molar-refractivity contribution in [1.82, 2.24) is 0 Å². The molecule has 0 saturated heterocycles. The number of hydrogen-bond donors (Lipinski definition) is 2. The number of hydrogen-bond acceptors (Lipinski definition) is 2. The summed E-state index contributed by atoms with van der Waals surface area (Å²) in [6.07, 6.45) is 1.99. The summed E-state index contributed by atoms with van der Waals surface area (Å²) in [5.74, 6) is 0.888. The molecule has 0 unspecified atom stereocenters. The molecule has 2 aromatic carbocycles. The van der Waals surface area contributed by atoms with E-state index in [2.05, 4.69) is 10.3 Å². The summed E-state index contributed by atoms with van der Waals surface area (Å²) >= 11 is 1.65. The predicted molar refractivity (Wildman–Crippen MR) is 109 cm³/mol. The first-order valence-electron chi connectivity index (χ1n) is 6.98. The summed E-state index contributed by atoms with van der Waals surface area (Å²) in [7, 11) is 0. The highest BCUT2D eigenvalue weighted by Gasteiger charge is 2.04. The Hall–Kier alpha value is -1.28. The summed E-state index contributed by atoms with van der Waals surface area (Å²) in [5, 5.41) is 3.05. The monoisotopic (exact) mass is 445 g/mol. The molecule has 23 heavy (non-hydrogen) atoms. The lowest BCUT2D eigenvalue weighted by molar-refractivity contribution is 0.625. The summed E-state index contributed by atoms with van der Waals surface area (Å²) in [4.78, 5) is 4.34. The van der Waals surface area contributed by atoms with Crippen LogP contribution in [0.15, 0.2) is 47.5 Å². The second-order valence-electron chi connectivity index (χ2n) is 5.04. The van der Waals surface area contributed by atoms with Gasteiger partial charge in [-0.25, -0.2) is 9.38 Å². The molecule has 3 nitrogen and oxygen atoms in total. The third kappa shape index (κ3) is 6.39. The molecule has 0 aliphatic heterocycles. The fourth-order valence-electron chi connectivity index (χ4n) is 2.03. The van der Waals surface area contributed by atoms with Crippen LogP contribution >= 0.6 is 35.7 Å². The molecule has 0 spiro atoms. The average molecular weight is 445 g/mol. The Morgan fingerprint density at radius 2 is 1.87 bits per heavy atom. The van der Waals surface area contributed by atoms with E-state index in [1.54, 1.807) is 23.9 Å². The number of nitrogens with two attached hydrogens (primary N) is 1. The van der Waals surface area contributed by atoms with Crippen LogP contribution in [0, 0.1) is 12.7 Å². The molecule has 124 valence electrons. The zero-order valence-corrected chi connectivity index (χ0v) is 16.3. The summed E-state index contributed by atoms with van der Waals surface area (Å²) in [6.45, 7) is 2.46. The normalized spacial score (nSPS) is 11.0. The van der Waals surface area contributed by atoms with Crippen LogP contribution in [-0.4, -0.2) is 12.2 Å². The Morgan fingerprint density at radius 1 is 1.17 bits per heavy atom. The van der Waals surface area contributed by atoms with Gasteiger partial charge in [0, 0.05) is 11.4 Å². The lowest BCUT2D eigenvalue weighted by atomic mass is 10.1. The second kappa shape index (κ2) is 9.77. The Balaban J connectivity index is 0.00000264. The molecule has 2 rings (SSSR count). The van der Waals surface area contributed by atoms with Crippen LogP contribution < -0.4 is 11.1 Å². The van der Waals surface area contributed by atoms with Gasteiger partial charge >= 0.3 is 0 Å². The Labute approximate surface area is 158 Å². The van der Waals surface area contributed by atoms with Crippen molar-refractivity contribution in [2.24, 2.45) is 10.7 Å². The molecule has 0 aliphatic carbocycles. The number of nitrogens with one attached hydrogen (secondary N) is 1. The van der Waals surface area contributed by atoms with E-state index in [0.29, 0.717) is 12.5 Å². The standard InChI is InChI=1S/C17H20FN3S.HI/c1-12-3-7-16(8-4-12)21-17(19)20-10-13-5-6-15(18)9-14(13)11-22-2;/h3-9H,10-11H2,1-2H3,(H3,19,20,21);1H. The van der Waals surface area contributed by atoms with Crippen LogP contribution in [0.2, 0.25) is 0 Å². The molecule has 0 aromatic heterocycles. The fraction of sp³-hybridized carbons (Fsp3) is 0.235. The molecule has 0 atom stereocenters. The van der Waals surface area contributed by atoms with Gasteiger partial charge in [0.15, 0.2) is 5.96 Å². The lowest BCUT2D eigenvalue weighted by Gasteiger charge is -2.09. The molecule has 6 heteroatoms.